The summed E-state index contributed by atoms with van der Waals surface area (Å²) >= 11 is 1.35. The Labute approximate surface area is 203 Å². The van der Waals surface area contributed by atoms with Crippen molar-refractivity contribution in [1.82, 2.24) is 9.29 Å². The molecule has 6 nitrogen and oxygen atoms in total. The van der Waals surface area contributed by atoms with Gasteiger partial charge >= 0.3 is 0 Å². The lowest BCUT2D eigenvalue weighted by atomic mass is 9.83. The number of aryl methyl sites for hydroxylation is 1. The number of allylic oxidation sites excluding steroid dienone is 3. The molecule has 2 heterocycles. The molecule has 1 amide bonds. The van der Waals surface area contributed by atoms with E-state index in [1.54, 1.807) is 16.4 Å². The van der Waals surface area contributed by atoms with Crippen molar-refractivity contribution in [2.45, 2.75) is 18.2 Å². The number of thiazole rings is 1. The summed E-state index contributed by atoms with van der Waals surface area (Å²) in [5, 5.41) is 5.20. The summed E-state index contributed by atoms with van der Waals surface area (Å²) in [5.41, 5.74) is 3.34. The molecule has 1 fully saturated rings. The predicted molar refractivity (Wildman–Crippen MR) is 135 cm³/mol. The number of sulfonamides is 1. The van der Waals surface area contributed by atoms with E-state index in [9.17, 15) is 13.2 Å². The zero-order chi connectivity index (χ0) is 23.7. The van der Waals surface area contributed by atoms with Crippen LogP contribution < -0.4 is 5.32 Å². The number of carbonyl (C=O) groups excluding carboxylic acids is 1. The molecule has 1 saturated heterocycles. The van der Waals surface area contributed by atoms with Crippen LogP contribution in [0.1, 0.15) is 22.3 Å². The normalized spacial score (nSPS) is 20.1. The number of aromatic nitrogens is 1. The molecular formula is C26H25N3O3S2. The van der Waals surface area contributed by atoms with Gasteiger partial charge in [-0.15, -0.1) is 11.3 Å². The molecule has 2 aromatic carbocycles. The summed E-state index contributed by atoms with van der Waals surface area (Å²) in [4.78, 5) is 17.4. The van der Waals surface area contributed by atoms with Gasteiger partial charge in [0.2, 0.25) is 10.0 Å². The van der Waals surface area contributed by atoms with Crippen molar-refractivity contribution >= 4 is 32.4 Å². The van der Waals surface area contributed by atoms with E-state index in [4.69, 9.17) is 0 Å². The first-order chi connectivity index (χ1) is 16.4. The maximum Gasteiger partial charge on any atom is 0.257 e. The zero-order valence-electron chi connectivity index (χ0n) is 18.7. The molecule has 1 N–H and O–H groups in total. The number of piperidine rings is 1. The number of nitrogens with zero attached hydrogens (tertiary/aromatic N) is 2. The molecule has 1 aliphatic heterocycles. The molecule has 1 aromatic heterocycles. The van der Waals surface area contributed by atoms with Gasteiger partial charge in [0, 0.05) is 29.6 Å². The first kappa shape index (κ1) is 22.7. The number of rotatable bonds is 5. The van der Waals surface area contributed by atoms with Crippen molar-refractivity contribution in [1.29, 1.82) is 0 Å². The molecule has 2 aliphatic rings. The molecule has 3 aromatic rings. The lowest BCUT2D eigenvalue weighted by Gasteiger charge is -2.36. The number of carbonyl (C=O) groups is 1. The van der Waals surface area contributed by atoms with Gasteiger partial charge in [-0.3, -0.25) is 10.1 Å². The molecule has 1 aliphatic carbocycles. The second-order valence-electron chi connectivity index (χ2n) is 8.63. The highest BCUT2D eigenvalue weighted by atomic mass is 32.2. The quantitative estimate of drug-likeness (QED) is 0.537. The Morgan fingerprint density at radius 1 is 1.03 bits per heavy atom. The van der Waals surface area contributed by atoms with E-state index in [0.29, 0.717) is 29.7 Å². The number of fused-ring (bicyclic) bond motifs is 1. The van der Waals surface area contributed by atoms with Crippen LogP contribution in [0.15, 0.2) is 83.1 Å². The Kier molecular flexibility index (Phi) is 6.20. The van der Waals surface area contributed by atoms with Crippen LogP contribution in [-0.4, -0.2) is 36.7 Å². The second kappa shape index (κ2) is 9.29. The molecule has 0 bridgehead atoms. The van der Waals surface area contributed by atoms with Gasteiger partial charge in [-0.1, -0.05) is 54.1 Å². The summed E-state index contributed by atoms with van der Waals surface area (Å²) in [6.07, 6.45) is 9.07. The van der Waals surface area contributed by atoms with Gasteiger partial charge in [-0.25, -0.2) is 13.4 Å². The van der Waals surface area contributed by atoms with Crippen LogP contribution in [0, 0.1) is 18.8 Å². The monoisotopic (exact) mass is 491 g/mol. The molecule has 174 valence electrons. The average Bonchev–Trinajstić information content (AvgIpc) is 3.32. The van der Waals surface area contributed by atoms with Crippen molar-refractivity contribution in [2.24, 2.45) is 11.8 Å². The minimum Gasteiger partial charge on any atom is -0.298 e. The van der Waals surface area contributed by atoms with Gasteiger partial charge < -0.3 is 0 Å². The summed E-state index contributed by atoms with van der Waals surface area (Å²) in [6.45, 7) is 3.00. The summed E-state index contributed by atoms with van der Waals surface area (Å²) in [5.74, 6) is 0.287. The molecule has 34 heavy (non-hydrogen) atoms. The first-order valence-corrected chi connectivity index (χ1v) is 13.5. The molecule has 8 heteroatoms. The van der Waals surface area contributed by atoms with Gasteiger partial charge in [0.05, 0.1) is 10.6 Å². The van der Waals surface area contributed by atoms with Crippen LogP contribution in [0.4, 0.5) is 5.13 Å². The van der Waals surface area contributed by atoms with E-state index in [2.05, 4.69) is 22.5 Å². The van der Waals surface area contributed by atoms with Crippen molar-refractivity contribution < 1.29 is 13.2 Å². The third-order valence-electron chi connectivity index (χ3n) is 6.33. The fraction of sp³-hybridized carbons (Fsp3) is 0.231. The minimum atomic E-state index is -3.61. The largest absolute Gasteiger partial charge is 0.298 e. The Morgan fingerprint density at radius 2 is 1.74 bits per heavy atom. The Morgan fingerprint density at radius 3 is 2.47 bits per heavy atom. The molecule has 0 unspecified atom stereocenters. The van der Waals surface area contributed by atoms with Crippen LogP contribution in [-0.2, 0) is 10.0 Å². The Balaban J connectivity index is 1.26. The predicted octanol–water partition coefficient (Wildman–Crippen LogP) is 5.12. The minimum absolute atomic E-state index is 0.203. The van der Waals surface area contributed by atoms with Crippen LogP contribution in [0.25, 0.3) is 11.3 Å². The number of hydrogen-bond donors (Lipinski definition) is 1. The van der Waals surface area contributed by atoms with Gasteiger partial charge in [-0.2, -0.15) is 4.31 Å². The standard InChI is InChI=1S/C26H25N3O3S2/c1-18-6-8-20(9-7-18)24-17-33-26(27-24)28-25(30)21-10-12-23(13-11-21)34(31,32)29-15-14-19-4-2-3-5-22(19)16-29/h2-13,17,19,22H,14-16H2,1H3,(H,27,28,30)/t19-,22+/m1/s1. The first-order valence-electron chi connectivity index (χ1n) is 11.2. The van der Waals surface area contributed by atoms with Gasteiger partial charge in [0.15, 0.2) is 5.13 Å². The van der Waals surface area contributed by atoms with E-state index in [1.165, 1.54) is 29.0 Å². The van der Waals surface area contributed by atoms with Gasteiger partial charge in [0.25, 0.3) is 5.91 Å². The van der Waals surface area contributed by atoms with E-state index in [-0.39, 0.29) is 16.7 Å². The highest BCUT2D eigenvalue weighted by molar-refractivity contribution is 7.89. The summed E-state index contributed by atoms with van der Waals surface area (Å²) in [7, 11) is -3.61. The molecule has 5 rings (SSSR count). The second-order valence-corrected chi connectivity index (χ2v) is 11.4. The molecule has 2 atom stereocenters. The van der Waals surface area contributed by atoms with Gasteiger partial charge in [0.1, 0.15) is 0 Å². The number of benzene rings is 2. The van der Waals surface area contributed by atoms with E-state index in [0.717, 1.165) is 17.7 Å². The molecule has 0 saturated carbocycles. The number of nitrogens with one attached hydrogen (secondary N) is 1. The van der Waals surface area contributed by atoms with Crippen LogP contribution >= 0.6 is 11.3 Å². The number of amides is 1. The van der Waals surface area contributed by atoms with Crippen LogP contribution in [0.5, 0.6) is 0 Å². The molecule has 0 radical (unpaired) electrons. The average molecular weight is 492 g/mol. The SMILES string of the molecule is Cc1ccc(-c2csc(NC(=O)c3ccc(S(=O)(=O)N4CC[C@H]5C=CC=C[C@H]5C4)cc3)n2)cc1. The van der Waals surface area contributed by atoms with Crippen LogP contribution in [0.3, 0.4) is 0 Å². The fourth-order valence-corrected chi connectivity index (χ4v) is 6.54. The summed E-state index contributed by atoms with van der Waals surface area (Å²) in [6, 6.07) is 14.2. The topological polar surface area (TPSA) is 79.4 Å². The van der Waals surface area contributed by atoms with Crippen molar-refractivity contribution in [3.8, 4) is 11.3 Å². The Bertz CT molecular complexity index is 1360. The maximum absolute atomic E-state index is 13.2. The highest BCUT2D eigenvalue weighted by Crippen LogP contribution is 2.32. The lowest BCUT2D eigenvalue weighted by Crippen LogP contribution is -2.43. The Hall–Kier alpha value is -3.07. The summed E-state index contributed by atoms with van der Waals surface area (Å²) < 4.78 is 27.9. The van der Waals surface area contributed by atoms with E-state index >= 15 is 0 Å². The third kappa shape index (κ3) is 4.61. The van der Waals surface area contributed by atoms with Gasteiger partial charge in [-0.05, 0) is 49.4 Å². The maximum atomic E-state index is 13.2. The molecule has 0 spiro atoms. The van der Waals surface area contributed by atoms with Crippen molar-refractivity contribution in [2.75, 3.05) is 18.4 Å². The fourth-order valence-electron chi connectivity index (χ4n) is 4.33. The lowest BCUT2D eigenvalue weighted by molar-refractivity contribution is 0.102. The molecular weight excluding hydrogens is 466 g/mol. The van der Waals surface area contributed by atoms with E-state index in [1.807, 2.05) is 48.7 Å². The number of hydrogen-bond acceptors (Lipinski definition) is 5. The smallest absolute Gasteiger partial charge is 0.257 e. The number of anilines is 1. The van der Waals surface area contributed by atoms with Crippen LogP contribution in [0.2, 0.25) is 0 Å². The van der Waals surface area contributed by atoms with Crippen molar-refractivity contribution in [3.63, 3.8) is 0 Å². The zero-order valence-corrected chi connectivity index (χ0v) is 20.4. The van der Waals surface area contributed by atoms with E-state index < -0.39 is 10.0 Å². The van der Waals surface area contributed by atoms with Crippen molar-refractivity contribution in [3.05, 3.63) is 89.3 Å². The third-order valence-corrected chi connectivity index (χ3v) is 8.97. The highest BCUT2D eigenvalue weighted by Gasteiger charge is 2.34.